The second-order valence-corrected chi connectivity index (χ2v) is 7.17. The third-order valence-electron chi connectivity index (χ3n) is 4.19. The first-order valence-corrected chi connectivity index (χ1v) is 9.13. The van der Waals surface area contributed by atoms with E-state index in [2.05, 4.69) is 5.32 Å². The predicted molar refractivity (Wildman–Crippen MR) is 94.1 cm³/mol. The van der Waals surface area contributed by atoms with Crippen LogP contribution in [0.2, 0.25) is 0 Å². The number of carbonyl (C=O) groups is 2. The van der Waals surface area contributed by atoms with Crippen LogP contribution in [-0.4, -0.2) is 35.8 Å². The maximum Gasteiger partial charge on any atom is 0.264 e. The molecule has 1 N–H and O–H groups in total. The van der Waals surface area contributed by atoms with Crippen molar-refractivity contribution in [3.05, 3.63) is 34.9 Å². The van der Waals surface area contributed by atoms with Crippen LogP contribution in [0.3, 0.4) is 0 Å². The quantitative estimate of drug-likeness (QED) is 0.922. The molecule has 2 amide bonds. The van der Waals surface area contributed by atoms with Crippen molar-refractivity contribution in [3.63, 3.8) is 0 Å². The molecule has 5 nitrogen and oxygen atoms in total. The van der Waals surface area contributed by atoms with Gasteiger partial charge in [0, 0.05) is 25.6 Å². The summed E-state index contributed by atoms with van der Waals surface area (Å²) in [5, 5.41) is 2.99. The van der Waals surface area contributed by atoms with Crippen LogP contribution in [0.25, 0.3) is 10.6 Å². The lowest BCUT2D eigenvalue weighted by Crippen LogP contribution is -2.49. The third kappa shape index (κ3) is 3.70. The molecule has 2 aromatic heterocycles. The fourth-order valence-electron chi connectivity index (χ4n) is 2.92. The van der Waals surface area contributed by atoms with Crippen molar-refractivity contribution >= 4 is 23.2 Å². The molecule has 0 radical (unpaired) electrons. The van der Waals surface area contributed by atoms with E-state index in [1.165, 1.54) is 11.3 Å². The lowest BCUT2D eigenvalue weighted by molar-refractivity contribution is -0.121. The van der Waals surface area contributed by atoms with Gasteiger partial charge < -0.3 is 14.6 Å². The summed E-state index contributed by atoms with van der Waals surface area (Å²) in [5.41, 5.74) is 0. The summed E-state index contributed by atoms with van der Waals surface area (Å²) in [5.74, 6) is 1.73. The summed E-state index contributed by atoms with van der Waals surface area (Å²) < 4.78 is 5.62. The van der Waals surface area contributed by atoms with Crippen LogP contribution >= 0.6 is 11.3 Å². The van der Waals surface area contributed by atoms with Crippen LogP contribution < -0.4 is 5.32 Å². The second-order valence-electron chi connectivity index (χ2n) is 6.09. The van der Waals surface area contributed by atoms with Crippen LogP contribution in [0.4, 0.5) is 0 Å². The predicted octanol–water partition coefficient (Wildman–Crippen LogP) is 3.45. The van der Waals surface area contributed by atoms with Gasteiger partial charge in [-0.2, -0.15) is 0 Å². The number of nitrogens with one attached hydrogen (secondary N) is 1. The SMILES string of the molecule is CCC(=O)N[C@@H]1CCCN(C(=O)c2ccc(-c3ccc(C)o3)s2)C1. The molecule has 0 aliphatic carbocycles. The molecule has 0 aromatic carbocycles. The van der Waals surface area contributed by atoms with E-state index in [1.54, 1.807) is 0 Å². The summed E-state index contributed by atoms with van der Waals surface area (Å²) in [6.07, 6.45) is 2.31. The van der Waals surface area contributed by atoms with Crippen molar-refractivity contribution in [2.24, 2.45) is 0 Å². The summed E-state index contributed by atoms with van der Waals surface area (Å²) in [7, 11) is 0. The third-order valence-corrected chi connectivity index (χ3v) is 5.28. The first-order valence-electron chi connectivity index (χ1n) is 8.32. The number of likely N-dealkylation sites (tertiary alicyclic amines) is 1. The highest BCUT2D eigenvalue weighted by molar-refractivity contribution is 7.17. The highest BCUT2D eigenvalue weighted by atomic mass is 32.1. The molecule has 6 heteroatoms. The number of furan rings is 1. The Morgan fingerprint density at radius 1 is 1.33 bits per heavy atom. The zero-order chi connectivity index (χ0) is 17.1. The van der Waals surface area contributed by atoms with Crippen molar-refractivity contribution in [1.82, 2.24) is 10.2 Å². The van der Waals surface area contributed by atoms with Gasteiger partial charge in [-0.05, 0) is 44.0 Å². The Morgan fingerprint density at radius 2 is 2.17 bits per heavy atom. The van der Waals surface area contributed by atoms with Gasteiger partial charge in [-0.25, -0.2) is 0 Å². The van der Waals surface area contributed by atoms with Gasteiger partial charge in [0.2, 0.25) is 5.91 Å². The van der Waals surface area contributed by atoms with Crippen LogP contribution in [-0.2, 0) is 4.79 Å². The Bertz CT molecular complexity index is 734. The molecule has 1 fully saturated rings. The monoisotopic (exact) mass is 346 g/mol. The zero-order valence-electron chi connectivity index (χ0n) is 14.0. The van der Waals surface area contributed by atoms with E-state index in [-0.39, 0.29) is 17.9 Å². The van der Waals surface area contributed by atoms with Gasteiger partial charge in [-0.15, -0.1) is 11.3 Å². The number of hydrogen-bond acceptors (Lipinski definition) is 4. The fourth-order valence-corrected chi connectivity index (χ4v) is 3.85. The van der Waals surface area contributed by atoms with Gasteiger partial charge in [0.1, 0.15) is 11.5 Å². The minimum Gasteiger partial charge on any atom is -0.461 e. The van der Waals surface area contributed by atoms with Crippen molar-refractivity contribution in [2.45, 2.75) is 39.2 Å². The number of hydrogen-bond donors (Lipinski definition) is 1. The number of amides is 2. The van der Waals surface area contributed by atoms with Gasteiger partial charge in [-0.1, -0.05) is 6.92 Å². The summed E-state index contributed by atoms with van der Waals surface area (Å²) in [6, 6.07) is 7.68. The molecule has 3 heterocycles. The molecule has 0 saturated carbocycles. The standard InChI is InChI=1S/C18H22N2O3S/c1-3-17(21)19-13-5-4-10-20(11-13)18(22)16-9-8-15(24-16)14-7-6-12(2)23-14/h6-9,13H,3-5,10-11H2,1-2H3,(H,19,21)/t13-/m1/s1. The largest absolute Gasteiger partial charge is 0.461 e. The minimum atomic E-state index is 0.0324. The van der Waals surface area contributed by atoms with E-state index in [1.807, 2.05) is 43.0 Å². The molecular formula is C18H22N2O3S. The average molecular weight is 346 g/mol. The number of thiophene rings is 1. The van der Waals surface area contributed by atoms with Gasteiger partial charge >= 0.3 is 0 Å². The Morgan fingerprint density at radius 3 is 2.88 bits per heavy atom. The van der Waals surface area contributed by atoms with Gasteiger partial charge in [0.05, 0.1) is 9.75 Å². The normalized spacial score (nSPS) is 17.8. The summed E-state index contributed by atoms with van der Waals surface area (Å²) in [4.78, 5) is 27.8. The molecule has 2 aromatic rings. The molecule has 128 valence electrons. The van der Waals surface area contributed by atoms with E-state index >= 15 is 0 Å². The maximum absolute atomic E-state index is 12.7. The number of piperidine rings is 1. The zero-order valence-corrected chi connectivity index (χ0v) is 14.8. The van der Waals surface area contributed by atoms with Crippen molar-refractivity contribution < 1.29 is 14.0 Å². The number of nitrogens with zero attached hydrogens (tertiary/aromatic N) is 1. The Balaban J connectivity index is 1.67. The van der Waals surface area contributed by atoms with E-state index in [4.69, 9.17) is 4.42 Å². The fraction of sp³-hybridized carbons (Fsp3) is 0.444. The molecule has 1 aliphatic rings. The molecule has 1 aliphatic heterocycles. The number of carbonyl (C=O) groups excluding carboxylic acids is 2. The van der Waals surface area contributed by atoms with Gasteiger partial charge in [0.15, 0.2) is 0 Å². The molecule has 1 saturated heterocycles. The Hall–Kier alpha value is -2.08. The van der Waals surface area contributed by atoms with Gasteiger partial charge in [-0.3, -0.25) is 9.59 Å². The van der Waals surface area contributed by atoms with Crippen LogP contribution in [0.1, 0.15) is 41.6 Å². The van der Waals surface area contributed by atoms with Crippen molar-refractivity contribution in [1.29, 1.82) is 0 Å². The lowest BCUT2D eigenvalue weighted by atomic mass is 10.1. The maximum atomic E-state index is 12.7. The Labute approximate surface area is 145 Å². The highest BCUT2D eigenvalue weighted by Gasteiger charge is 2.26. The first kappa shape index (κ1) is 16.8. The van der Waals surface area contributed by atoms with Crippen LogP contribution in [0, 0.1) is 6.92 Å². The molecule has 1 atom stereocenters. The van der Waals surface area contributed by atoms with E-state index in [0.29, 0.717) is 17.8 Å². The number of rotatable bonds is 4. The first-order chi connectivity index (χ1) is 11.6. The topological polar surface area (TPSA) is 62.6 Å². The second kappa shape index (κ2) is 7.21. The number of aryl methyl sites for hydroxylation is 1. The van der Waals surface area contributed by atoms with Crippen molar-refractivity contribution in [3.8, 4) is 10.6 Å². The van der Waals surface area contributed by atoms with Crippen LogP contribution in [0.5, 0.6) is 0 Å². The molecule has 0 bridgehead atoms. The molecule has 3 rings (SSSR count). The smallest absolute Gasteiger partial charge is 0.264 e. The Kier molecular flexibility index (Phi) is 5.04. The van der Waals surface area contributed by atoms with E-state index < -0.39 is 0 Å². The summed E-state index contributed by atoms with van der Waals surface area (Å²) in [6.45, 7) is 5.06. The van der Waals surface area contributed by atoms with Crippen molar-refractivity contribution in [2.75, 3.05) is 13.1 Å². The summed E-state index contributed by atoms with van der Waals surface area (Å²) >= 11 is 1.45. The van der Waals surface area contributed by atoms with E-state index in [9.17, 15) is 9.59 Å². The molecule has 24 heavy (non-hydrogen) atoms. The minimum absolute atomic E-state index is 0.0324. The van der Waals surface area contributed by atoms with E-state index in [0.717, 1.165) is 35.8 Å². The average Bonchev–Trinajstić information content (AvgIpc) is 3.23. The lowest BCUT2D eigenvalue weighted by Gasteiger charge is -2.32. The molecule has 0 spiro atoms. The van der Waals surface area contributed by atoms with Crippen LogP contribution in [0.15, 0.2) is 28.7 Å². The van der Waals surface area contributed by atoms with Gasteiger partial charge in [0.25, 0.3) is 5.91 Å². The molecular weight excluding hydrogens is 324 g/mol. The highest BCUT2D eigenvalue weighted by Crippen LogP contribution is 2.30. The molecule has 0 unspecified atom stereocenters.